The number of hydrogen-bond acceptors (Lipinski definition) is 6. The van der Waals surface area contributed by atoms with Gasteiger partial charge in [-0.15, -0.1) is 11.3 Å². The van der Waals surface area contributed by atoms with E-state index in [4.69, 9.17) is 21.1 Å². The van der Waals surface area contributed by atoms with Crippen molar-refractivity contribution >= 4 is 46.4 Å². The highest BCUT2D eigenvalue weighted by Crippen LogP contribution is 2.29. The Balaban J connectivity index is 1.47. The van der Waals surface area contributed by atoms with Crippen LogP contribution in [-0.4, -0.2) is 24.4 Å². The average Bonchev–Trinajstić information content (AvgIpc) is 3.29. The number of carbonyl (C=O) groups is 3. The van der Waals surface area contributed by atoms with Crippen LogP contribution >= 0.6 is 22.9 Å². The molecule has 32 heavy (non-hydrogen) atoms. The third-order valence-corrected chi connectivity index (χ3v) is 5.50. The first-order chi connectivity index (χ1) is 15.4. The van der Waals surface area contributed by atoms with Crippen molar-refractivity contribution in [2.75, 3.05) is 11.9 Å². The van der Waals surface area contributed by atoms with E-state index < -0.39 is 24.5 Å². The zero-order chi connectivity index (χ0) is 22.9. The van der Waals surface area contributed by atoms with Gasteiger partial charge in [-0.05, 0) is 47.8 Å². The molecule has 166 valence electrons. The first-order valence-corrected chi connectivity index (χ1v) is 10.9. The summed E-state index contributed by atoms with van der Waals surface area (Å²) in [6, 6.07) is 17.0. The zero-order valence-corrected chi connectivity index (χ0v) is 18.7. The number of anilines is 1. The van der Waals surface area contributed by atoms with Crippen molar-refractivity contribution in [3.63, 3.8) is 0 Å². The predicted octanol–water partition coefficient (Wildman–Crippen LogP) is 4.94. The van der Waals surface area contributed by atoms with E-state index in [2.05, 4.69) is 10.6 Å². The van der Waals surface area contributed by atoms with Crippen molar-refractivity contribution in [1.29, 1.82) is 0 Å². The minimum Gasteiger partial charge on any atom is -0.456 e. The standard InChI is InChI=1S/C23H21ClN2O5S/c1-15(27)25-19(21-7-4-12-32-21)13-23(29)30-14-22(28)26-16-8-10-17(11-9-16)31-20-6-3-2-5-18(20)24/h2-12,19H,13-14H2,1H3,(H,25,27)(H,26,28). The Kier molecular flexibility index (Phi) is 8.24. The summed E-state index contributed by atoms with van der Waals surface area (Å²) >= 11 is 7.50. The summed E-state index contributed by atoms with van der Waals surface area (Å²) in [4.78, 5) is 36.5. The molecule has 2 amide bonds. The maximum atomic E-state index is 12.2. The molecule has 0 saturated heterocycles. The first kappa shape index (κ1) is 23.3. The van der Waals surface area contributed by atoms with Crippen LogP contribution in [0.4, 0.5) is 5.69 Å². The van der Waals surface area contributed by atoms with Gasteiger partial charge >= 0.3 is 5.97 Å². The van der Waals surface area contributed by atoms with Crippen molar-refractivity contribution in [2.45, 2.75) is 19.4 Å². The second-order valence-corrected chi connectivity index (χ2v) is 8.12. The normalized spacial score (nSPS) is 11.3. The summed E-state index contributed by atoms with van der Waals surface area (Å²) in [5, 5.41) is 7.71. The molecule has 1 unspecified atom stereocenters. The molecule has 0 fully saturated rings. The summed E-state index contributed by atoms with van der Waals surface area (Å²) in [7, 11) is 0. The average molecular weight is 473 g/mol. The molecule has 3 rings (SSSR count). The third kappa shape index (κ3) is 7.11. The molecule has 7 nitrogen and oxygen atoms in total. The van der Waals surface area contributed by atoms with Crippen LogP contribution in [0.3, 0.4) is 0 Å². The molecule has 2 N–H and O–H groups in total. The number of ether oxygens (including phenoxy) is 2. The van der Waals surface area contributed by atoms with E-state index in [1.165, 1.54) is 18.3 Å². The van der Waals surface area contributed by atoms with Crippen molar-refractivity contribution in [3.8, 4) is 11.5 Å². The van der Waals surface area contributed by atoms with Gasteiger partial charge in [-0.2, -0.15) is 0 Å². The second kappa shape index (κ2) is 11.3. The SMILES string of the molecule is CC(=O)NC(CC(=O)OCC(=O)Nc1ccc(Oc2ccccc2Cl)cc1)c1cccs1. The van der Waals surface area contributed by atoms with E-state index in [9.17, 15) is 14.4 Å². The second-order valence-electron chi connectivity index (χ2n) is 6.74. The molecule has 0 aliphatic heterocycles. The molecule has 1 aromatic heterocycles. The Hall–Kier alpha value is -3.36. The van der Waals surface area contributed by atoms with Crippen LogP contribution in [0.1, 0.15) is 24.3 Å². The number of nitrogens with one attached hydrogen (secondary N) is 2. The molecule has 1 heterocycles. The number of benzene rings is 2. The van der Waals surface area contributed by atoms with Crippen molar-refractivity contribution in [1.82, 2.24) is 5.32 Å². The van der Waals surface area contributed by atoms with Gasteiger partial charge in [0.15, 0.2) is 6.61 Å². The lowest BCUT2D eigenvalue weighted by molar-refractivity contribution is -0.147. The van der Waals surface area contributed by atoms with Crippen LogP contribution in [-0.2, 0) is 19.1 Å². The van der Waals surface area contributed by atoms with E-state index in [-0.39, 0.29) is 12.3 Å². The lowest BCUT2D eigenvalue weighted by Gasteiger charge is -2.15. The highest BCUT2D eigenvalue weighted by molar-refractivity contribution is 7.10. The maximum Gasteiger partial charge on any atom is 0.308 e. The van der Waals surface area contributed by atoms with Gasteiger partial charge in [0.05, 0.1) is 17.5 Å². The van der Waals surface area contributed by atoms with Crippen LogP contribution in [0, 0.1) is 0 Å². The fourth-order valence-electron chi connectivity index (χ4n) is 2.79. The summed E-state index contributed by atoms with van der Waals surface area (Å²) in [5.41, 5.74) is 0.521. The van der Waals surface area contributed by atoms with E-state index in [1.54, 1.807) is 36.4 Å². The molecule has 0 aliphatic rings. The summed E-state index contributed by atoms with van der Waals surface area (Å²) < 4.78 is 10.8. The smallest absolute Gasteiger partial charge is 0.308 e. The van der Waals surface area contributed by atoms with Gasteiger partial charge in [0.1, 0.15) is 11.5 Å². The molecule has 3 aromatic rings. The van der Waals surface area contributed by atoms with Crippen molar-refractivity contribution < 1.29 is 23.9 Å². The molecule has 9 heteroatoms. The summed E-state index contributed by atoms with van der Waals surface area (Å²) in [5.74, 6) is -0.241. The van der Waals surface area contributed by atoms with Crippen molar-refractivity contribution in [3.05, 3.63) is 75.9 Å². The molecular weight excluding hydrogens is 452 g/mol. The van der Waals surface area contributed by atoms with Crippen LogP contribution in [0.2, 0.25) is 5.02 Å². The van der Waals surface area contributed by atoms with Gasteiger partial charge in [0.2, 0.25) is 5.91 Å². The van der Waals surface area contributed by atoms with Gasteiger partial charge in [-0.1, -0.05) is 29.8 Å². The number of rotatable bonds is 9. The molecule has 2 aromatic carbocycles. The minimum absolute atomic E-state index is 0.0680. The molecule has 1 atom stereocenters. The van der Waals surface area contributed by atoms with E-state index in [0.29, 0.717) is 22.2 Å². The summed E-state index contributed by atoms with van der Waals surface area (Å²) in [6.45, 7) is 0.943. The van der Waals surface area contributed by atoms with Gasteiger partial charge in [-0.25, -0.2) is 0 Å². The van der Waals surface area contributed by atoms with Gasteiger partial charge in [-0.3, -0.25) is 14.4 Å². The first-order valence-electron chi connectivity index (χ1n) is 9.69. The highest BCUT2D eigenvalue weighted by atomic mass is 35.5. The quantitative estimate of drug-likeness (QED) is 0.430. The molecule has 0 bridgehead atoms. The molecule has 0 aliphatic carbocycles. The van der Waals surface area contributed by atoms with Crippen LogP contribution < -0.4 is 15.4 Å². The van der Waals surface area contributed by atoms with E-state index >= 15 is 0 Å². The number of esters is 1. The molecule has 0 spiro atoms. The topological polar surface area (TPSA) is 93.7 Å². The molecule has 0 radical (unpaired) electrons. The Bertz CT molecular complexity index is 1070. The fraction of sp³-hybridized carbons (Fsp3) is 0.174. The lowest BCUT2D eigenvalue weighted by atomic mass is 10.1. The van der Waals surface area contributed by atoms with Gasteiger partial charge in [0.25, 0.3) is 5.91 Å². The number of halogens is 1. The lowest BCUT2D eigenvalue weighted by Crippen LogP contribution is -2.29. The van der Waals surface area contributed by atoms with Crippen LogP contribution in [0.5, 0.6) is 11.5 Å². The molecular formula is C23H21ClN2O5S. The number of thiophene rings is 1. The zero-order valence-electron chi connectivity index (χ0n) is 17.2. The molecule has 0 saturated carbocycles. The fourth-order valence-corrected chi connectivity index (χ4v) is 3.74. The van der Waals surface area contributed by atoms with E-state index in [0.717, 1.165) is 4.88 Å². The van der Waals surface area contributed by atoms with E-state index in [1.807, 2.05) is 29.6 Å². The Morgan fingerprint density at radius 3 is 2.44 bits per heavy atom. The minimum atomic E-state index is -0.587. The maximum absolute atomic E-state index is 12.2. The Labute approximate surface area is 194 Å². The monoisotopic (exact) mass is 472 g/mol. The van der Waals surface area contributed by atoms with Gasteiger partial charge < -0.3 is 20.1 Å². The number of para-hydroxylation sites is 1. The Morgan fingerprint density at radius 2 is 1.78 bits per heavy atom. The predicted molar refractivity (Wildman–Crippen MR) is 123 cm³/mol. The van der Waals surface area contributed by atoms with Crippen LogP contribution in [0.25, 0.3) is 0 Å². The van der Waals surface area contributed by atoms with Crippen molar-refractivity contribution in [2.24, 2.45) is 0 Å². The number of amides is 2. The largest absolute Gasteiger partial charge is 0.456 e. The highest BCUT2D eigenvalue weighted by Gasteiger charge is 2.19. The summed E-state index contributed by atoms with van der Waals surface area (Å²) in [6.07, 6.45) is -0.0680. The third-order valence-electron chi connectivity index (χ3n) is 4.20. The Morgan fingerprint density at radius 1 is 1.03 bits per heavy atom. The number of hydrogen-bond donors (Lipinski definition) is 2. The van der Waals surface area contributed by atoms with Crippen LogP contribution in [0.15, 0.2) is 66.0 Å². The number of carbonyl (C=O) groups excluding carboxylic acids is 3. The van der Waals surface area contributed by atoms with Gasteiger partial charge in [0, 0.05) is 17.5 Å².